The van der Waals surface area contributed by atoms with Crippen LogP contribution in [0.1, 0.15) is 29.8 Å². The Hall–Kier alpha value is -1.37. The molecule has 0 unspecified atom stereocenters. The van der Waals surface area contributed by atoms with Crippen LogP contribution in [0.5, 0.6) is 0 Å². The predicted octanol–water partition coefficient (Wildman–Crippen LogP) is 2.92. The molecular weight excluding hydrogens is 148 g/mol. The first-order chi connectivity index (χ1) is 5.74. The van der Waals surface area contributed by atoms with Gasteiger partial charge < -0.3 is 0 Å². The zero-order valence-corrected chi connectivity index (χ0v) is 7.37. The van der Waals surface area contributed by atoms with Gasteiger partial charge in [0, 0.05) is 5.56 Å². The lowest BCUT2D eigenvalue weighted by Gasteiger charge is -1.95. The fourth-order valence-corrected chi connectivity index (χ4v) is 1.02. The summed E-state index contributed by atoms with van der Waals surface area (Å²) in [4.78, 5) is 10.9. The van der Waals surface area contributed by atoms with Crippen molar-refractivity contribution in [3.8, 4) is 0 Å². The fourth-order valence-electron chi connectivity index (χ4n) is 1.02. The Kier molecular flexibility index (Phi) is 2.81. The Morgan fingerprint density at radius 3 is 2.25 bits per heavy atom. The van der Waals surface area contributed by atoms with E-state index >= 15 is 0 Å². The molecule has 0 aromatic heterocycles. The largest absolute Gasteiger partial charge is 0.295 e. The first kappa shape index (κ1) is 8.72. The second-order valence-electron chi connectivity index (χ2n) is 2.68. The third-order valence-electron chi connectivity index (χ3n) is 1.68. The molecule has 0 atom stereocenters. The number of hydrogen-bond acceptors (Lipinski definition) is 1. The summed E-state index contributed by atoms with van der Waals surface area (Å²) < 4.78 is 0. The van der Waals surface area contributed by atoms with Crippen LogP contribution in [0, 0.1) is 0 Å². The summed E-state index contributed by atoms with van der Waals surface area (Å²) in [6, 6.07) is 7.57. The van der Waals surface area contributed by atoms with E-state index in [-0.39, 0.29) is 5.78 Å². The molecule has 0 heterocycles. The predicted molar refractivity (Wildman–Crippen MR) is 51.2 cm³/mol. The number of carbonyl (C=O) groups excluding carboxylic acids is 1. The van der Waals surface area contributed by atoms with Crippen LogP contribution in [0.2, 0.25) is 0 Å². The number of carbonyl (C=O) groups is 1. The molecule has 0 aliphatic carbocycles. The zero-order valence-electron chi connectivity index (χ0n) is 7.37. The molecule has 1 nitrogen and oxygen atoms in total. The van der Waals surface area contributed by atoms with Gasteiger partial charge in [-0.05, 0) is 19.4 Å². The van der Waals surface area contributed by atoms with Gasteiger partial charge in [0.05, 0.1) is 0 Å². The van der Waals surface area contributed by atoms with Gasteiger partial charge in [0.25, 0.3) is 0 Å². The fraction of sp³-hybridized carbons (Fsp3) is 0.182. The van der Waals surface area contributed by atoms with E-state index in [4.69, 9.17) is 0 Å². The van der Waals surface area contributed by atoms with E-state index in [1.807, 2.05) is 43.3 Å². The maximum absolute atomic E-state index is 10.9. The number of Topliss-reactive ketones (excluding diaryl/α,β-unsaturated/α-hetero) is 1. The number of ketones is 1. The summed E-state index contributed by atoms with van der Waals surface area (Å²) in [6.45, 7) is 3.55. The smallest absolute Gasteiger partial charge is 0.159 e. The molecule has 0 fully saturated rings. The van der Waals surface area contributed by atoms with Crippen molar-refractivity contribution in [2.24, 2.45) is 0 Å². The lowest BCUT2D eigenvalue weighted by molar-refractivity contribution is 0.101. The quantitative estimate of drug-likeness (QED) is 0.608. The van der Waals surface area contributed by atoms with Crippen molar-refractivity contribution in [2.75, 3.05) is 0 Å². The van der Waals surface area contributed by atoms with Gasteiger partial charge in [-0.2, -0.15) is 0 Å². The molecule has 1 aromatic carbocycles. The average molecular weight is 160 g/mol. The van der Waals surface area contributed by atoms with E-state index in [0.29, 0.717) is 0 Å². The highest BCUT2D eigenvalue weighted by atomic mass is 16.1. The lowest BCUT2D eigenvalue weighted by Crippen LogP contribution is -1.90. The summed E-state index contributed by atoms with van der Waals surface area (Å²) in [5.74, 6) is 0.113. The molecule has 1 rings (SSSR count). The van der Waals surface area contributed by atoms with Crippen LogP contribution in [0.3, 0.4) is 0 Å². The highest BCUT2D eigenvalue weighted by Crippen LogP contribution is 2.06. The van der Waals surface area contributed by atoms with Crippen LogP contribution in [-0.2, 0) is 0 Å². The van der Waals surface area contributed by atoms with Crippen molar-refractivity contribution in [3.63, 3.8) is 0 Å². The zero-order chi connectivity index (χ0) is 8.97. The minimum absolute atomic E-state index is 0.113. The third kappa shape index (κ3) is 2.06. The van der Waals surface area contributed by atoms with Gasteiger partial charge in [0.15, 0.2) is 5.78 Å². The molecule has 0 saturated heterocycles. The second-order valence-corrected chi connectivity index (χ2v) is 2.68. The monoisotopic (exact) mass is 160 g/mol. The maximum Gasteiger partial charge on any atom is 0.159 e. The van der Waals surface area contributed by atoms with Crippen LogP contribution < -0.4 is 0 Å². The van der Waals surface area contributed by atoms with Gasteiger partial charge in [-0.3, -0.25) is 4.79 Å². The Bertz CT molecular complexity index is 293. The molecule has 0 aliphatic heterocycles. The molecular formula is C11H12O. The molecule has 1 heteroatoms. The maximum atomic E-state index is 10.9. The van der Waals surface area contributed by atoms with Gasteiger partial charge in [-0.15, -0.1) is 0 Å². The van der Waals surface area contributed by atoms with Crippen molar-refractivity contribution >= 4 is 11.9 Å². The molecule has 0 radical (unpaired) electrons. The Labute approximate surface area is 72.7 Å². The van der Waals surface area contributed by atoms with Crippen molar-refractivity contribution in [3.05, 3.63) is 41.5 Å². The molecule has 0 aliphatic rings. The molecule has 1 aromatic rings. The standard InChI is InChI=1S/C11H12O/c1-3-4-10-5-7-11(8-6-10)9(2)12/h3-8H,1-2H3/b4-3+. The average Bonchev–Trinajstić information content (AvgIpc) is 2.06. The molecule has 0 saturated carbocycles. The van der Waals surface area contributed by atoms with Crippen LogP contribution in [-0.4, -0.2) is 5.78 Å². The van der Waals surface area contributed by atoms with Crippen molar-refractivity contribution in [1.82, 2.24) is 0 Å². The van der Waals surface area contributed by atoms with E-state index < -0.39 is 0 Å². The minimum Gasteiger partial charge on any atom is -0.295 e. The first-order valence-electron chi connectivity index (χ1n) is 3.97. The number of benzene rings is 1. The normalized spacial score (nSPS) is 10.5. The topological polar surface area (TPSA) is 17.1 Å². The summed E-state index contributed by atoms with van der Waals surface area (Å²) in [7, 11) is 0. The van der Waals surface area contributed by atoms with E-state index in [1.54, 1.807) is 6.92 Å². The lowest BCUT2D eigenvalue weighted by atomic mass is 10.1. The van der Waals surface area contributed by atoms with Gasteiger partial charge in [0.2, 0.25) is 0 Å². The third-order valence-corrected chi connectivity index (χ3v) is 1.68. The number of allylic oxidation sites excluding steroid dienone is 1. The van der Waals surface area contributed by atoms with Gasteiger partial charge in [0.1, 0.15) is 0 Å². The van der Waals surface area contributed by atoms with Crippen molar-refractivity contribution in [2.45, 2.75) is 13.8 Å². The first-order valence-corrected chi connectivity index (χ1v) is 3.97. The highest BCUT2D eigenvalue weighted by molar-refractivity contribution is 5.94. The van der Waals surface area contributed by atoms with Crippen LogP contribution >= 0.6 is 0 Å². The molecule has 0 amide bonds. The van der Waals surface area contributed by atoms with E-state index in [2.05, 4.69) is 0 Å². The molecule has 0 N–H and O–H groups in total. The van der Waals surface area contributed by atoms with Crippen LogP contribution in [0.4, 0.5) is 0 Å². The molecule has 0 bridgehead atoms. The van der Waals surface area contributed by atoms with Gasteiger partial charge in [-0.25, -0.2) is 0 Å². The summed E-state index contributed by atoms with van der Waals surface area (Å²) in [5.41, 5.74) is 1.89. The summed E-state index contributed by atoms with van der Waals surface area (Å²) >= 11 is 0. The van der Waals surface area contributed by atoms with Crippen molar-refractivity contribution in [1.29, 1.82) is 0 Å². The van der Waals surface area contributed by atoms with E-state index in [0.717, 1.165) is 11.1 Å². The van der Waals surface area contributed by atoms with Crippen molar-refractivity contribution < 1.29 is 4.79 Å². The summed E-state index contributed by atoms with van der Waals surface area (Å²) in [5, 5.41) is 0. The molecule has 12 heavy (non-hydrogen) atoms. The van der Waals surface area contributed by atoms with E-state index in [1.165, 1.54) is 0 Å². The van der Waals surface area contributed by atoms with Gasteiger partial charge in [-0.1, -0.05) is 36.4 Å². The van der Waals surface area contributed by atoms with Gasteiger partial charge >= 0.3 is 0 Å². The Balaban J connectivity index is 2.93. The SMILES string of the molecule is C/C=C/c1ccc(C(C)=O)cc1. The second kappa shape index (κ2) is 3.86. The number of rotatable bonds is 2. The molecule has 62 valence electrons. The van der Waals surface area contributed by atoms with Crippen LogP contribution in [0.15, 0.2) is 30.3 Å². The molecule has 0 spiro atoms. The number of hydrogen-bond donors (Lipinski definition) is 0. The van der Waals surface area contributed by atoms with E-state index in [9.17, 15) is 4.79 Å². The van der Waals surface area contributed by atoms with Crippen LogP contribution in [0.25, 0.3) is 6.08 Å². The summed E-state index contributed by atoms with van der Waals surface area (Å²) in [6.07, 6.45) is 3.98. The Morgan fingerprint density at radius 2 is 1.83 bits per heavy atom. The Morgan fingerprint density at radius 1 is 1.25 bits per heavy atom. The minimum atomic E-state index is 0.113. The highest BCUT2D eigenvalue weighted by Gasteiger charge is 1.96.